The van der Waals surface area contributed by atoms with Crippen LogP contribution in [0.15, 0.2) is 72.8 Å². The van der Waals surface area contributed by atoms with Crippen molar-refractivity contribution in [3.8, 4) is 22.3 Å². The molecule has 0 unspecified atom stereocenters. The van der Waals surface area contributed by atoms with E-state index < -0.39 is 24.3 Å². The van der Waals surface area contributed by atoms with E-state index in [-0.39, 0.29) is 53.7 Å². The van der Waals surface area contributed by atoms with Gasteiger partial charge in [-0.2, -0.15) is 23.5 Å². The summed E-state index contributed by atoms with van der Waals surface area (Å²) in [5.41, 5.74) is 13.5. The summed E-state index contributed by atoms with van der Waals surface area (Å²) in [6.07, 6.45) is 14.5. The molecule has 0 radical (unpaired) electrons. The summed E-state index contributed by atoms with van der Waals surface area (Å²) < 4.78 is 9.89. The number of imidazole rings is 2. The predicted molar refractivity (Wildman–Crippen MR) is 298 cm³/mol. The zero-order valence-corrected chi connectivity index (χ0v) is 45.4. The molecule has 2 saturated carbocycles. The summed E-state index contributed by atoms with van der Waals surface area (Å²) in [6, 6.07) is 25.7. The number of ether oxygens (including phenoxy) is 2. The number of nitrogens with zero attached hydrogens (tertiary/aromatic N) is 4. The van der Waals surface area contributed by atoms with Crippen LogP contribution in [0.3, 0.4) is 0 Å². The van der Waals surface area contributed by atoms with E-state index >= 15 is 0 Å². The third-order valence-corrected chi connectivity index (χ3v) is 18.6. The van der Waals surface area contributed by atoms with Gasteiger partial charge in [0.05, 0.1) is 48.4 Å². The molecule has 0 spiro atoms. The van der Waals surface area contributed by atoms with Crippen LogP contribution in [0, 0.1) is 11.8 Å². The van der Waals surface area contributed by atoms with Gasteiger partial charge in [0.1, 0.15) is 23.7 Å². The lowest BCUT2D eigenvalue weighted by atomic mass is 9.74. The Hall–Kier alpha value is -6.00. The van der Waals surface area contributed by atoms with Crippen LogP contribution in [0.1, 0.15) is 123 Å². The third-order valence-electron chi connectivity index (χ3n) is 17.3. The highest BCUT2D eigenvalue weighted by molar-refractivity contribution is 7.98. The van der Waals surface area contributed by atoms with Crippen molar-refractivity contribution in [2.75, 3.05) is 38.2 Å². The molecule has 4 aliphatic heterocycles. The number of thioether (sulfide) groups is 2. The minimum absolute atomic E-state index is 0.0549. The summed E-state index contributed by atoms with van der Waals surface area (Å²) >= 11 is 3.32. The van der Waals surface area contributed by atoms with Gasteiger partial charge < -0.3 is 39.9 Å². The fraction of sp³-hybridized carbons (Fsp3) is 0.492. The van der Waals surface area contributed by atoms with Gasteiger partial charge in [0.15, 0.2) is 0 Å². The molecule has 10 aliphatic rings. The molecule has 6 aliphatic carbocycles. The van der Waals surface area contributed by atoms with Crippen molar-refractivity contribution in [2.24, 2.45) is 11.8 Å². The largest absolute Gasteiger partial charge is 0.453 e. The number of methoxy groups -OCH3 is 2. The molecular weight excluding hydrogens is 981 g/mol. The van der Waals surface area contributed by atoms with Crippen molar-refractivity contribution in [3.05, 3.63) is 107 Å². The molecule has 75 heavy (non-hydrogen) atoms. The highest BCUT2D eigenvalue weighted by atomic mass is 32.2. The molecule has 6 heterocycles. The van der Waals surface area contributed by atoms with Gasteiger partial charge in [-0.25, -0.2) is 19.6 Å². The third kappa shape index (κ3) is 10.1. The van der Waals surface area contributed by atoms with Gasteiger partial charge in [0.2, 0.25) is 11.8 Å². The average Bonchev–Trinajstić information content (AvgIpc) is 4.08. The first-order valence-electron chi connectivity index (χ1n) is 27.1. The number of hydrogen-bond acceptors (Lipinski definition) is 10. The zero-order chi connectivity index (χ0) is 51.9. The zero-order valence-electron chi connectivity index (χ0n) is 43.8. The van der Waals surface area contributed by atoms with Crippen molar-refractivity contribution < 1.29 is 28.7 Å². The lowest BCUT2D eigenvalue weighted by molar-refractivity contribution is -0.148. The average molecular weight is 1050 g/mol. The minimum atomic E-state index is -0.663. The Balaban J connectivity index is 0.857. The molecule has 2 aromatic heterocycles. The van der Waals surface area contributed by atoms with Crippen LogP contribution >= 0.6 is 23.5 Å². The fourth-order valence-electron chi connectivity index (χ4n) is 13.4. The van der Waals surface area contributed by atoms with Gasteiger partial charge in [-0.3, -0.25) is 9.59 Å². The Labute approximate surface area is 448 Å². The highest BCUT2D eigenvalue weighted by Crippen LogP contribution is 2.49. The first-order chi connectivity index (χ1) is 36.5. The Morgan fingerprint density at radius 2 is 1.12 bits per heavy atom. The molecule has 4 amide bonds. The van der Waals surface area contributed by atoms with Crippen LogP contribution in [0.4, 0.5) is 9.59 Å². The normalized spacial score (nSPS) is 23.7. The summed E-state index contributed by atoms with van der Waals surface area (Å²) in [6.45, 7) is 2.32. The molecule has 8 bridgehead atoms. The second-order valence-electron chi connectivity index (χ2n) is 21.7. The lowest BCUT2D eigenvalue weighted by Gasteiger charge is -2.51. The van der Waals surface area contributed by atoms with E-state index in [9.17, 15) is 19.2 Å². The minimum Gasteiger partial charge on any atom is -0.453 e. The Morgan fingerprint density at radius 1 is 0.627 bits per heavy atom. The topological polar surface area (TPSA) is 175 Å². The molecule has 16 heteroatoms. The number of carbonyl (C=O) groups is 4. The number of aromatic nitrogens is 4. The molecule has 16 rings (SSSR count). The van der Waals surface area contributed by atoms with Gasteiger partial charge >= 0.3 is 12.2 Å². The van der Waals surface area contributed by atoms with Crippen LogP contribution in [-0.4, -0.2) is 116 Å². The maximum Gasteiger partial charge on any atom is 0.407 e. The Morgan fingerprint density at radius 3 is 1.61 bits per heavy atom. The van der Waals surface area contributed by atoms with E-state index in [4.69, 9.17) is 19.4 Å². The Bertz CT molecular complexity index is 3100. The molecule has 4 saturated heterocycles. The summed E-state index contributed by atoms with van der Waals surface area (Å²) in [5.74, 6) is 3.81. The van der Waals surface area contributed by atoms with E-state index in [2.05, 4.69) is 100 Å². The number of aromatic amines is 2. The first-order valence-corrected chi connectivity index (χ1v) is 29.9. The number of fused-ring (bicyclic) bond motifs is 8. The van der Waals surface area contributed by atoms with Crippen LogP contribution in [0.5, 0.6) is 0 Å². The number of aryl methyl sites for hydroxylation is 2. The number of amides is 4. The van der Waals surface area contributed by atoms with Crippen LogP contribution in [-0.2, 0) is 38.3 Å². The lowest BCUT2D eigenvalue weighted by Crippen LogP contribution is -2.58. The second kappa shape index (κ2) is 21.9. The van der Waals surface area contributed by atoms with Gasteiger partial charge in [0, 0.05) is 12.1 Å². The standard InChI is InChI=1S/C59H70N8O6S2/c1-33-28-39-9-7-34(29-44(39)40-16-22-46-50(31-40)62-54(60-46)52-36-12-18-42(19-13-36)66(52)56(68)48(24-26-74-4)64-58(70)72-2)6-8-35-10-11-38(33)30-45(35)41-17-23-47-51(32-41)63-55(61-47)53-37-14-20-43(21-15-37)67(53)57(69)49(25-27-75-5)65-59(71)73-3/h7,9-11,16-17,22-23,29-33,36-37,42-43,48-49,52-53H,6,8,12-15,18-21,24-28H2,1-5H3,(H,60,62)(H,61,63)(H,64,70)(H,65,71)/t33-,36?,37?,42?,43?,48+,49+,52+,53+/m1/s1. The maximum absolute atomic E-state index is 14.5. The predicted octanol–water partition coefficient (Wildman–Crippen LogP) is 11.1. The molecule has 4 N–H and O–H groups in total. The number of benzene rings is 4. The monoisotopic (exact) mass is 1050 g/mol. The molecule has 4 aromatic carbocycles. The summed E-state index contributed by atoms with van der Waals surface area (Å²) in [4.78, 5) is 75.8. The van der Waals surface area contributed by atoms with E-state index in [1.54, 1.807) is 23.5 Å². The molecule has 394 valence electrons. The molecule has 5 atom stereocenters. The Kier molecular flexibility index (Phi) is 14.9. The van der Waals surface area contributed by atoms with E-state index in [1.807, 2.05) is 22.3 Å². The van der Waals surface area contributed by atoms with Gasteiger partial charge in [0.25, 0.3) is 0 Å². The van der Waals surface area contributed by atoms with Crippen LogP contribution < -0.4 is 10.6 Å². The quantitative estimate of drug-likeness (QED) is 0.0822. The maximum atomic E-state index is 14.5. The second-order valence-corrected chi connectivity index (χ2v) is 23.7. The van der Waals surface area contributed by atoms with Crippen LogP contribution in [0.25, 0.3) is 44.3 Å². The molecule has 6 aromatic rings. The number of carbonyl (C=O) groups excluding carboxylic acids is 4. The van der Waals surface area contributed by atoms with Gasteiger partial charge in [-0.15, -0.1) is 0 Å². The molecular formula is C59H70N8O6S2. The number of alkyl carbamates (subject to hydrolysis) is 2. The summed E-state index contributed by atoms with van der Waals surface area (Å²) in [7, 11) is 2.67. The number of nitrogens with one attached hydrogen (secondary N) is 4. The SMILES string of the molecule is COC(=O)N[C@@H](CCSC)C(=O)N1C2CCC(CC2)[C@H]1c1nc2cc(-c3cc4ccc3CCc3ccc(c(-c5ccc6[nH]c([C@@H]7C8CCC(CC8)N7C(=O)[C@H](CCSC)NC(=O)OC)nc6c5)c3)C[C@H]4C)ccc2[nH]1. The van der Waals surface area contributed by atoms with E-state index in [0.29, 0.717) is 12.8 Å². The van der Waals surface area contributed by atoms with Crippen molar-refractivity contribution >= 4 is 69.6 Å². The van der Waals surface area contributed by atoms with E-state index in [0.717, 1.165) is 127 Å². The van der Waals surface area contributed by atoms with E-state index in [1.165, 1.54) is 47.6 Å². The van der Waals surface area contributed by atoms with Crippen molar-refractivity contribution in [1.82, 2.24) is 40.4 Å². The molecule has 6 fully saturated rings. The number of H-pyrrole nitrogens is 2. The van der Waals surface area contributed by atoms with Crippen molar-refractivity contribution in [2.45, 2.75) is 133 Å². The van der Waals surface area contributed by atoms with Gasteiger partial charge in [-0.05, 0) is 194 Å². The highest BCUT2D eigenvalue weighted by Gasteiger charge is 2.49. The number of rotatable bonds is 14. The smallest absolute Gasteiger partial charge is 0.407 e. The first kappa shape index (κ1) is 51.1. The number of hydrogen-bond donors (Lipinski definition) is 4. The van der Waals surface area contributed by atoms with Crippen molar-refractivity contribution in [3.63, 3.8) is 0 Å². The molecule has 14 nitrogen and oxygen atoms in total. The summed E-state index contributed by atoms with van der Waals surface area (Å²) in [5, 5.41) is 5.70. The van der Waals surface area contributed by atoms with Crippen molar-refractivity contribution in [1.29, 1.82) is 0 Å². The van der Waals surface area contributed by atoms with Crippen LogP contribution in [0.2, 0.25) is 0 Å². The fourth-order valence-corrected chi connectivity index (χ4v) is 14.3. The number of piperidine rings is 4. The van der Waals surface area contributed by atoms with Gasteiger partial charge in [-0.1, -0.05) is 55.5 Å².